The molecule has 0 radical (unpaired) electrons. The zero-order valence-corrected chi connectivity index (χ0v) is 11.2. The molecule has 1 aromatic carbocycles. The van der Waals surface area contributed by atoms with E-state index in [1.807, 2.05) is 0 Å². The molecule has 0 bridgehead atoms. The van der Waals surface area contributed by atoms with Gasteiger partial charge in [-0.2, -0.15) is 0 Å². The molecule has 0 aliphatic carbocycles. The Morgan fingerprint density at radius 3 is 2.65 bits per heavy atom. The minimum absolute atomic E-state index is 0.0627. The number of methoxy groups -OCH3 is 1. The fourth-order valence-electron chi connectivity index (χ4n) is 2.02. The van der Waals surface area contributed by atoms with Gasteiger partial charge < -0.3 is 25.4 Å². The summed E-state index contributed by atoms with van der Waals surface area (Å²) in [6.07, 6.45) is 0. The molecule has 1 aliphatic heterocycles. The van der Waals surface area contributed by atoms with Crippen LogP contribution in [0.4, 0.5) is 10.5 Å². The number of piperazine rings is 1. The third kappa shape index (κ3) is 3.18. The number of ether oxygens (including phenoxy) is 1. The first kappa shape index (κ1) is 14.1. The quantitative estimate of drug-likeness (QED) is 0.762. The van der Waals surface area contributed by atoms with Gasteiger partial charge in [0.25, 0.3) is 0 Å². The number of anilines is 1. The lowest BCUT2D eigenvalue weighted by Crippen LogP contribution is -2.48. The van der Waals surface area contributed by atoms with Gasteiger partial charge >= 0.3 is 12.0 Å². The van der Waals surface area contributed by atoms with Gasteiger partial charge in [0, 0.05) is 37.9 Å². The highest BCUT2D eigenvalue weighted by Gasteiger charge is 2.17. The van der Waals surface area contributed by atoms with Crippen LogP contribution < -0.4 is 15.4 Å². The van der Waals surface area contributed by atoms with E-state index in [9.17, 15) is 9.59 Å². The maximum absolute atomic E-state index is 12.0. The van der Waals surface area contributed by atoms with Crippen molar-refractivity contribution in [2.75, 3.05) is 38.6 Å². The van der Waals surface area contributed by atoms with E-state index in [0.717, 1.165) is 13.1 Å². The third-order valence-electron chi connectivity index (χ3n) is 3.09. The van der Waals surface area contributed by atoms with Crippen LogP contribution in [-0.2, 0) is 0 Å². The average Bonchev–Trinajstić information content (AvgIpc) is 2.47. The summed E-state index contributed by atoms with van der Waals surface area (Å²) in [6, 6.07) is 4.26. The van der Waals surface area contributed by atoms with Crippen molar-refractivity contribution >= 4 is 17.7 Å². The van der Waals surface area contributed by atoms with Crippen LogP contribution >= 0.6 is 0 Å². The third-order valence-corrected chi connectivity index (χ3v) is 3.09. The van der Waals surface area contributed by atoms with Crippen molar-refractivity contribution in [2.24, 2.45) is 0 Å². The van der Waals surface area contributed by atoms with E-state index in [1.54, 1.807) is 11.0 Å². The summed E-state index contributed by atoms with van der Waals surface area (Å²) in [4.78, 5) is 24.7. The smallest absolute Gasteiger partial charge is 0.339 e. The summed E-state index contributed by atoms with van der Waals surface area (Å²) in [5.41, 5.74) is 0.572. The lowest BCUT2D eigenvalue weighted by molar-refractivity contribution is 0.0693. The number of hydrogen-bond acceptors (Lipinski definition) is 4. The van der Waals surface area contributed by atoms with Gasteiger partial charge in [-0.05, 0) is 12.1 Å². The zero-order valence-electron chi connectivity index (χ0n) is 11.2. The molecule has 1 aliphatic rings. The summed E-state index contributed by atoms with van der Waals surface area (Å²) in [7, 11) is 1.39. The minimum atomic E-state index is -1.07. The molecule has 0 aromatic heterocycles. The van der Waals surface area contributed by atoms with Crippen LogP contribution in [0.1, 0.15) is 10.4 Å². The highest BCUT2D eigenvalue weighted by molar-refractivity contribution is 5.94. The van der Waals surface area contributed by atoms with E-state index in [4.69, 9.17) is 9.84 Å². The molecule has 20 heavy (non-hydrogen) atoms. The van der Waals surface area contributed by atoms with Crippen molar-refractivity contribution in [2.45, 2.75) is 0 Å². The predicted molar refractivity (Wildman–Crippen MR) is 73.4 cm³/mol. The summed E-state index contributed by atoms with van der Waals surface area (Å²) in [6.45, 7) is 2.84. The van der Waals surface area contributed by atoms with Gasteiger partial charge in [0.2, 0.25) is 0 Å². The number of benzene rings is 1. The summed E-state index contributed by atoms with van der Waals surface area (Å²) < 4.78 is 5.02. The first-order chi connectivity index (χ1) is 9.61. The Morgan fingerprint density at radius 1 is 1.35 bits per heavy atom. The van der Waals surface area contributed by atoms with Crippen LogP contribution in [0.3, 0.4) is 0 Å². The van der Waals surface area contributed by atoms with E-state index < -0.39 is 5.97 Å². The van der Waals surface area contributed by atoms with Crippen LogP contribution in [0.2, 0.25) is 0 Å². The molecule has 0 atom stereocenters. The maximum Gasteiger partial charge on any atom is 0.339 e. The number of amides is 2. The minimum Gasteiger partial charge on any atom is -0.496 e. The Hall–Kier alpha value is -2.28. The van der Waals surface area contributed by atoms with E-state index in [2.05, 4.69) is 10.6 Å². The number of urea groups is 1. The molecule has 7 nitrogen and oxygen atoms in total. The Kier molecular flexibility index (Phi) is 4.41. The number of carbonyl (C=O) groups excluding carboxylic acids is 1. The number of aromatic carboxylic acids is 1. The fraction of sp³-hybridized carbons (Fsp3) is 0.385. The molecular formula is C13H17N3O4. The van der Waals surface area contributed by atoms with Gasteiger partial charge in [-0.15, -0.1) is 0 Å². The number of carbonyl (C=O) groups is 2. The molecule has 7 heteroatoms. The SMILES string of the molecule is COc1cc(NC(=O)N2CCNCC2)ccc1C(=O)O. The predicted octanol–water partition coefficient (Wildman–Crippen LogP) is 0.830. The lowest BCUT2D eigenvalue weighted by Gasteiger charge is -2.27. The van der Waals surface area contributed by atoms with Gasteiger partial charge in [0.1, 0.15) is 11.3 Å². The van der Waals surface area contributed by atoms with Gasteiger partial charge in [-0.3, -0.25) is 0 Å². The second-order valence-corrected chi connectivity index (χ2v) is 4.39. The molecule has 1 fully saturated rings. The molecular weight excluding hydrogens is 262 g/mol. The van der Waals surface area contributed by atoms with Gasteiger partial charge in [0.05, 0.1) is 7.11 Å². The van der Waals surface area contributed by atoms with E-state index in [1.165, 1.54) is 19.2 Å². The van der Waals surface area contributed by atoms with Gasteiger partial charge in [0.15, 0.2) is 0 Å². The first-order valence-corrected chi connectivity index (χ1v) is 6.30. The average molecular weight is 279 g/mol. The Morgan fingerprint density at radius 2 is 2.05 bits per heavy atom. The summed E-state index contributed by atoms with van der Waals surface area (Å²) in [5.74, 6) is -0.850. The van der Waals surface area contributed by atoms with E-state index in [0.29, 0.717) is 18.8 Å². The standard InChI is InChI=1S/C13H17N3O4/c1-20-11-8-9(2-3-10(11)12(17)18)15-13(19)16-6-4-14-5-7-16/h2-3,8,14H,4-7H2,1H3,(H,15,19)(H,17,18). The molecule has 2 amide bonds. The van der Waals surface area contributed by atoms with Crippen molar-refractivity contribution in [3.63, 3.8) is 0 Å². The number of carboxylic acids is 1. The van der Waals surface area contributed by atoms with Crippen molar-refractivity contribution < 1.29 is 19.4 Å². The Labute approximate surface area is 116 Å². The van der Waals surface area contributed by atoms with Crippen molar-refractivity contribution in [3.8, 4) is 5.75 Å². The molecule has 1 saturated heterocycles. The number of hydrogen-bond donors (Lipinski definition) is 3. The topological polar surface area (TPSA) is 90.9 Å². The molecule has 3 N–H and O–H groups in total. The van der Waals surface area contributed by atoms with Crippen LogP contribution in [0.25, 0.3) is 0 Å². The second kappa shape index (κ2) is 6.25. The Bertz CT molecular complexity index is 512. The molecule has 0 unspecified atom stereocenters. The van der Waals surface area contributed by atoms with E-state index in [-0.39, 0.29) is 17.3 Å². The van der Waals surface area contributed by atoms with Crippen LogP contribution in [0.5, 0.6) is 5.75 Å². The van der Waals surface area contributed by atoms with Crippen molar-refractivity contribution in [1.82, 2.24) is 10.2 Å². The van der Waals surface area contributed by atoms with Crippen LogP contribution in [0.15, 0.2) is 18.2 Å². The molecule has 1 heterocycles. The lowest BCUT2D eigenvalue weighted by atomic mass is 10.2. The highest BCUT2D eigenvalue weighted by Crippen LogP contribution is 2.23. The monoisotopic (exact) mass is 279 g/mol. The summed E-state index contributed by atoms with van der Waals surface area (Å²) >= 11 is 0. The highest BCUT2D eigenvalue weighted by atomic mass is 16.5. The second-order valence-electron chi connectivity index (χ2n) is 4.39. The van der Waals surface area contributed by atoms with Gasteiger partial charge in [-0.1, -0.05) is 0 Å². The fourth-order valence-corrected chi connectivity index (χ4v) is 2.02. The summed E-state index contributed by atoms with van der Waals surface area (Å²) in [5, 5.41) is 14.9. The number of rotatable bonds is 3. The maximum atomic E-state index is 12.0. The molecule has 108 valence electrons. The molecule has 2 rings (SSSR count). The molecule has 0 saturated carbocycles. The Balaban J connectivity index is 2.09. The van der Waals surface area contributed by atoms with E-state index >= 15 is 0 Å². The number of carboxylic acid groups (broad SMARTS) is 1. The largest absolute Gasteiger partial charge is 0.496 e. The van der Waals surface area contributed by atoms with Crippen molar-refractivity contribution in [3.05, 3.63) is 23.8 Å². The van der Waals surface area contributed by atoms with Crippen LogP contribution in [-0.4, -0.2) is 55.3 Å². The number of nitrogens with zero attached hydrogens (tertiary/aromatic N) is 1. The van der Waals surface area contributed by atoms with Gasteiger partial charge in [-0.25, -0.2) is 9.59 Å². The molecule has 0 spiro atoms. The van der Waals surface area contributed by atoms with Crippen LogP contribution in [0, 0.1) is 0 Å². The van der Waals surface area contributed by atoms with Crippen molar-refractivity contribution in [1.29, 1.82) is 0 Å². The normalized spacial score (nSPS) is 14.8. The zero-order chi connectivity index (χ0) is 14.5. The number of nitrogens with one attached hydrogen (secondary N) is 2. The molecule has 1 aromatic rings. The first-order valence-electron chi connectivity index (χ1n) is 6.30.